The summed E-state index contributed by atoms with van der Waals surface area (Å²) in [6.07, 6.45) is -4.57. The van der Waals surface area contributed by atoms with E-state index in [0.717, 1.165) is 12.1 Å². The molecule has 0 unspecified atom stereocenters. The Hall–Kier alpha value is -2.64. The van der Waals surface area contributed by atoms with Crippen LogP contribution in [0.5, 0.6) is 17.2 Å². The SMILES string of the molecule is [B]Cc1cc(C(F)(F)F)ccc1Oc1cc(CC(=O)OCC)ccc1OC. The Morgan fingerprint density at radius 2 is 1.78 bits per heavy atom. The molecule has 142 valence electrons. The number of carbonyl (C=O) groups excluding carboxylic acids is 1. The molecule has 0 saturated heterocycles. The Bertz CT molecular complexity index is 806. The predicted octanol–water partition coefficient (Wildman–Crippen LogP) is 4.28. The molecule has 2 aromatic rings. The first-order valence-electron chi connectivity index (χ1n) is 8.19. The van der Waals surface area contributed by atoms with Crippen LogP contribution in [0.3, 0.4) is 0 Å². The third kappa shape index (κ3) is 5.42. The van der Waals surface area contributed by atoms with Gasteiger partial charge in [0.25, 0.3) is 0 Å². The second-order valence-corrected chi connectivity index (χ2v) is 5.59. The number of ether oxygens (including phenoxy) is 3. The Balaban J connectivity index is 2.33. The van der Waals surface area contributed by atoms with Crippen LogP contribution in [-0.4, -0.2) is 27.5 Å². The quantitative estimate of drug-likeness (QED) is 0.533. The Morgan fingerprint density at radius 1 is 1.07 bits per heavy atom. The highest BCUT2D eigenvalue weighted by Gasteiger charge is 2.31. The standard InChI is InChI=1S/C19H18BF3O4/c1-3-26-18(24)9-12-4-6-16(25-2)17(8-12)27-15-7-5-14(19(21,22)23)10-13(15)11-20/h4-8,10H,3,9,11H2,1-2H3. The van der Waals surface area contributed by atoms with Crippen LogP contribution in [0.1, 0.15) is 23.6 Å². The van der Waals surface area contributed by atoms with Crippen molar-refractivity contribution in [2.24, 2.45) is 0 Å². The molecule has 0 heterocycles. The first-order chi connectivity index (χ1) is 12.8. The first-order valence-corrected chi connectivity index (χ1v) is 8.19. The normalized spacial score (nSPS) is 11.1. The molecule has 2 rings (SSSR count). The fourth-order valence-electron chi connectivity index (χ4n) is 2.42. The van der Waals surface area contributed by atoms with Crippen molar-refractivity contribution >= 4 is 13.8 Å². The molecule has 0 amide bonds. The van der Waals surface area contributed by atoms with E-state index in [4.69, 9.17) is 22.1 Å². The second kappa shape index (κ2) is 8.84. The summed E-state index contributed by atoms with van der Waals surface area (Å²) >= 11 is 0. The lowest BCUT2D eigenvalue weighted by Crippen LogP contribution is -2.08. The maximum absolute atomic E-state index is 12.9. The number of methoxy groups -OCH3 is 1. The molecule has 27 heavy (non-hydrogen) atoms. The van der Waals surface area contributed by atoms with Gasteiger partial charge in [0.2, 0.25) is 0 Å². The summed E-state index contributed by atoms with van der Waals surface area (Å²) in [6, 6.07) is 7.94. The second-order valence-electron chi connectivity index (χ2n) is 5.59. The third-order valence-corrected chi connectivity index (χ3v) is 3.71. The maximum Gasteiger partial charge on any atom is 0.416 e. The summed E-state index contributed by atoms with van der Waals surface area (Å²) < 4.78 is 54.5. The summed E-state index contributed by atoms with van der Waals surface area (Å²) in [5.41, 5.74) is 0.00598. The fraction of sp³-hybridized carbons (Fsp3) is 0.316. The van der Waals surface area contributed by atoms with E-state index in [9.17, 15) is 18.0 Å². The van der Waals surface area contributed by atoms with Gasteiger partial charge in [-0.3, -0.25) is 4.79 Å². The van der Waals surface area contributed by atoms with Crippen LogP contribution in [0.4, 0.5) is 13.2 Å². The predicted molar refractivity (Wildman–Crippen MR) is 94.3 cm³/mol. The van der Waals surface area contributed by atoms with Crippen molar-refractivity contribution in [2.75, 3.05) is 13.7 Å². The van der Waals surface area contributed by atoms with Crippen LogP contribution in [0.25, 0.3) is 0 Å². The van der Waals surface area contributed by atoms with Crippen molar-refractivity contribution in [1.82, 2.24) is 0 Å². The Labute approximate surface area is 156 Å². The molecule has 2 aromatic carbocycles. The lowest BCUT2D eigenvalue weighted by Gasteiger charge is -2.16. The number of esters is 1. The van der Waals surface area contributed by atoms with Crippen LogP contribution < -0.4 is 9.47 Å². The first kappa shape index (κ1) is 20.7. The summed E-state index contributed by atoms with van der Waals surface area (Å²) in [5.74, 6) is 0.405. The number of benzene rings is 2. The Kier molecular flexibility index (Phi) is 6.77. The lowest BCUT2D eigenvalue weighted by atomic mass is 9.94. The molecule has 4 nitrogen and oxygen atoms in total. The monoisotopic (exact) mass is 378 g/mol. The van der Waals surface area contributed by atoms with Gasteiger partial charge in [-0.1, -0.05) is 12.4 Å². The smallest absolute Gasteiger partial charge is 0.416 e. The van der Waals surface area contributed by atoms with E-state index in [1.165, 1.54) is 13.2 Å². The topological polar surface area (TPSA) is 44.8 Å². The van der Waals surface area contributed by atoms with Gasteiger partial charge in [-0.15, -0.1) is 0 Å². The van der Waals surface area contributed by atoms with E-state index in [0.29, 0.717) is 11.3 Å². The molecule has 0 aliphatic carbocycles. The van der Waals surface area contributed by atoms with Gasteiger partial charge in [-0.2, -0.15) is 13.2 Å². The van der Waals surface area contributed by atoms with E-state index >= 15 is 0 Å². The molecule has 0 saturated carbocycles. The molecule has 8 heteroatoms. The van der Waals surface area contributed by atoms with E-state index in [2.05, 4.69) is 0 Å². The summed E-state index contributed by atoms with van der Waals surface area (Å²) in [6.45, 7) is 1.98. The van der Waals surface area contributed by atoms with Crippen LogP contribution in [0.15, 0.2) is 36.4 Å². The van der Waals surface area contributed by atoms with E-state index in [-0.39, 0.29) is 36.4 Å². The maximum atomic E-state index is 12.9. The van der Waals surface area contributed by atoms with Crippen molar-refractivity contribution in [2.45, 2.75) is 25.8 Å². The number of hydrogen-bond acceptors (Lipinski definition) is 4. The lowest BCUT2D eigenvalue weighted by molar-refractivity contribution is -0.142. The van der Waals surface area contributed by atoms with Crippen LogP contribution in [0.2, 0.25) is 0 Å². The number of carbonyl (C=O) groups is 1. The van der Waals surface area contributed by atoms with Crippen molar-refractivity contribution in [1.29, 1.82) is 0 Å². The van der Waals surface area contributed by atoms with Gasteiger partial charge >= 0.3 is 12.1 Å². The zero-order chi connectivity index (χ0) is 20.0. The highest BCUT2D eigenvalue weighted by atomic mass is 19.4. The Morgan fingerprint density at radius 3 is 2.37 bits per heavy atom. The molecule has 0 aromatic heterocycles. The summed E-state index contributed by atoms with van der Waals surface area (Å²) in [4.78, 5) is 11.7. The molecule has 0 atom stereocenters. The molecule has 0 aliphatic rings. The van der Waals surface area contributed by atoms with Gasteiger partial charge in [0.1, 0.15) is 5.75 Å². The molecule has 0 bridgehead atoms. The highest BCUT2D eigenvalue weighted by molar-refractivity contribution is 6.08. The molecular weight excluding hydrogens is 360 g/mol. The number of halogens is 3. The van der Waals surface area contributed by atoms with E-state index < -0.39 is 17.7 Å². The van der Waals surface area contributed by atoms with Crippen molar-refractivity contribution < 1.29 is 32.2 Å². The van der Waals surface area contributed by atoms with Gasteiger partial charge < -0.3 is 14.2 Å². The average molecular weight is 378 g/mol. The molecule has 2 radical (unpaired) electrons. The van der Waals surface area contributed by atoms with Gasteiger partial charge in [0.15, 0.2) is 11.5 Å². The largest absolute Gasteiger partial charge is 0.493 e. The molecule has 0 N–H and O–H groups in total. The van der Waals surface area contributed by atoms with Crippen LogP contribution >= 0.6 is 0 Å². The minimum atomic E-state index is -4.47. The zero-order valence-corrected chi connectivity index (χ0v) is 14.9. The van der Waals surface area contributed by atoms with Gasteiger partial charge in [-0.05, 0) is 48.4 Å². The zero-order valence-electron chi connectivity index (χ0n) is 14.9. The van der Waals surface area contributed by atoms with Gasteiger partial charge in [0.05, 0.1) is 33.5 Å². The highest BCUT2D eigenvalue weighted by Crippen LogP contribution is 2.37. The number of alkyl halides is 3. The van der Waals surface area contributed by atoms with Crippen molar-refractivity contribution in [3.8, 4) is 17.2 Å². The van der Waals surface area contributed by atoms with Crippen molar-refractivity contribution in [3.63, 3.8) is 0 Å². The number of hydrogen-bond donors (Lipinski definition) is 0. The fourth-order valence-corrected chi connectivity index (χ4v) is 2.42. The molecule has 0 aliphatic heterocycles. The summed E-state index contributed by atoms with van der Waals surface area (Å²) in [5, 5.41) is 0. The van der Waals surface area contributed by atoms with Crippen LogP contribution in [0, 0.1) is 0 Å². The average Bonchev–Trinajstić information content (AvgIpc) is 2.61. The van der Waals surface area contributed by atoms with Crippen molar-refractivity contribution in [3.05, 3.63) is 53.1 Å². The molecule has 0 fully saturated rings. The van der Waals surface area contributed by atoms with E-state index in [1.807, 2.05) is 0 Å². The third-order valence-electron chi connectivity index (χ3n) is 3.71. The van der Waals surface area contributed by atoms with Crippen LogP contribution in [-0.2, 0) is 28.4 Å². The minimum absolute atomic E-state index is 0.0327. The summed E-state index contributed by atoms with van der Waals surface area (Å²) in [7, 11) is 7.01. The van der Waals surface area contributed by atoms with Gasteiger partial charge in [-0.25, -0.2) is 0 Å². The van der Waals surface area contributed by atoms with Gasteiger partial charge in [0, 0.05) is 0 Å². The number of rotatable bonds is 7. The molecule has 0 spiro atoms. The van der Waals surface area contributed by atoms with E-state index in [1.54, 1.807) is 25.1 Å². The molecular formula is C19H18BF3O4. The minimum Gasteiger partial charge on any atom is -0.493 e.